The van der Waals surface area contributed by atoms with Crippen LogP contribution >= 0.6 is 0 Å². The topological polar surface area (TPSA) is 66.9 Å². The number of rotatable bonds is 4. The van der Waals surface area contributed by atoms with Crippen molar-refractivity contribution in [1.29, 1.82) is 0 Å². The summed E-state index contributed by atoms with van der Waals surface area (Å²) in [5.74, 6) is 1.49. The highest BCUT2D eigenvalue weighted by atomic mass is 16.1. The average molecular weight is 236 g/mol. The van der Waals surface area contributed by atoms with Crippen molar-refractivity contribution in [2.24, 2.45) is 5.92 Å². The van der Waals surface area contributed by atoms with Crippen LogP contribution in [0.15, 0.2) is 0 Å². The standard InChI is InChI=1S/C12H20N4O/c1-7(12(17)13-5)6-14-11-8(2)9(3)15-10(4)16-11/h7H,6H2,1-5H3,(H,13,17)(H,14,15,16)/t7-/m0/s1. The Bertz CT molecular complexity index is 417. The molecule has 17 heavy (non-hydrogen) atoms. The number of nitrogens with zero attached hydrogens (tertiary/aromatic N) is 2. The van der Waals surface area contributed by atoms with Gasteiger partial charge in [-0.25, -0.2) is 9.97 Å². The summed E-state index contributed by atoms with van der Waals surface area (Å²) in [5.41, 5.74) is 1.99. The largest absolute Gasteiger partial charge is 0.369 e. The van der Waals surface area contributed by atoms with Gasteiger partial charge < -0.3 is 10.6 Å². The molecule has 1 aromatic heterocycles. The third-order valence-corrected chi connectivity index (χ3v) is 2.77. The minimum atomic E-state index is -0.0880. The van der Waals surface area contributed by atoms with Crippen molar-refractivity contribution < 1.29 is 4.79 Å². The fourth-order valence-electron chi connectivity index (χ4n) is 1.53. The van der Waals surface area contributed by atoms with Crippen LogP contribution < -0.4 is 10.6 Å². The number of hydrogen-bond acceptors (Lipinski definition) is 4. The number of carbonyl (C=O) groups excluding carboxylic acids is 1. The van der Waals surface area contributed by atoms with Crippen molar-refractivity contribution in [3.63, 3.8) is 0 Å². The molecule has 5 heteroatoms. The van der Waals surface area contributed by atoms with E-state index in [1.54, 1.807) is 7.05 Å². The van der Waals surface area contributed by atoms with Gasteiger partial charge in [-0.15, -0.1) is 0 Å². The average Bonchev–Trinajstić information content (AvgIpc) is 2.30. The molecule has 5 nitrogen and oxygen atoms in total. The van der Waals surface area contributed by atoms with E-state index in [0.29, 0.717) is 6.54 Å². The molecule has 0 unspecified atom stereocenters. The van der Waals surface area contributed by atoms with Gasteiger partial charge in [0.1, 0.15) is 11.6 Å². The lowest BCUT2D eigenvalue weighted by Crippen LogP contribution is -2.30. The normalized spacial score (nSPS) is 12.1. The first-order valence-corrected chi connectivity index (χ1v) is 5.73. The Labute approximate surface area is 102 Å². The van der Waals surface area contributed by atoms with Gasteiger partial charge >= 0.3 is 0 Å². The Balaban J connectivity index is 2.73. The third-order valence-electron chi connectivity index (χ3n) is 2.77. The van der Waals surface area contributed by atoms with Crippen LogP contribution in [0.2, 0.25) is 0 Å². The van der Waals surface area contributed by atoms with Crippen LogP contribution in [0.3, 0.4) is 0 Å². The number of amides is 1. The van der Waals surface area contributed by atoms with Crippen molar-refractivity contribution in [2.45, 2.75) is 27.7 Å². The summed E-state index contributed by atoms with van der Waals surface area (Å²) in [7, 11) is 1.64. The Morgan fingerprint density at radius 3 is 2.53 bits per heavy atom. The number of aromatic nitrogens is 2. The minimum absolute atomic E-state index is 0.0256. The Morgan fingerprint density at radius 1 is 1.29 bits per heavy atom. The first-order chi connectivity index (χ1) is 7.95. The highest BCUT2D eigenvalue weighted by Crippen LogP contribution is 2.14. The molecule has 2 N–H and O–H groups in total. The maximum atomic E-state index is 11.4. The second-order valence-corrected chi connectivity index (χ2v) is 4.23. The van der Waals surface area contributed by atoms with E-state index in [1.807, 2.05) is 27.7 Å². The molecular weight excluding hydrogens is 216 g/mol. The van der Waals surface area contributed by atoms with Crippen molar-refractivity contribution in [1.82, 2.24) is 15.3 Å². The molecule has 0 aliphatic heterocycles. The highest BCUT2D eigenvalue weighted by Gasteiger charge is 2.12. The number of anilines is 1. The van der Waals surface area contributed by atoms with Gasteiger partial charge in [0.15, 0.2) is 0 Å². The van der Waals surface area contributed by atoms with E-state index in [4.69, 9.17) is 0 Å². The van der Waals surface area contributed by atoms with Crippen molar-refractivity contribution >= 4 is 11.7 Å². The fourth-order valence-corrected chi connectivity index (χ4v) is 1.53. The molecule has 0 bridgehead atoms. The van der Waals surface area contributed by atoms with E-state index < -0.39 is 0 Å². The van der Waals surface area contributed by atoms with E-state index in [0.717, 1.165) is 22.9 Å². The predicted octanol–water partition coefficient (Wildman–Crippen LogP) is 1.20. The third kappa shape index (κ3) is 3.41. The SMILES string of the molecule is CNC(=O)[C@@H](C)CNc1nc(C)nc(C)c1C. The Morgan fingerprint density at radius 2 is 1.94 bits per heavy atom. The fraction of sp³-hybridized carbons (Fsp3) is 0.583. The summed E-state index contributed by atoms with van der Waals surface area (Å²) >= 11 is 0. The zero-order valence-electron chi connectivity index (χ0n) is 11.1. The number of hydrogen-bond donors (Lipinski definition) is 2. The smallest absolute Gasteiger partial charge is 0.224 e. The summed E-state index contributed by atoms with van der Waals surface area (Å²) in [4.78, 5) is 20.0. The quantitative estimate of drug-likeness (QED) is 0.824. The van der Waals surface area contributed by atoms with E-state index in [9.17, 15) is 4.79 Å². The second-order valence-electron chi connectivity index (χ2n) is 4.23. The molecule has 0 aliphatic carbocycles. The van der Waals surface area contributed by atoms with Crippen molar-refractivity contribution in [3.05, 3.63) is 17.1 Å². The van der Waals surface area contributed by atoms with Gasteiger partial charge in [0, 0.05) is 24.8 Å². The van der Waals surface area contributed by atoms with Crippen LogP contribution in [-0.2, 0) is 4.79 Å². The summed E-state index contributed by atoms with van der Waals surface area (Å²) in [6.07, 6.45) is 0. The van der Waals surface area contributed by atoms with Crippen LogP contribution in [-0.4, -0.2) is 29.5 Å². The van der Waals surface area contributed by atoms with Gasteiger partial charge in [0.25, 0.3) is 0 Å². The van der Waals surface area contributed by atoms with Gasteiger partial charge in [-0.05, 0) is 20.8 Å². The summed E-state index contributed by atoms with van der Waals surface area (Å²) < 4.78 is 0. The van der Waals surface area contributed by atoms with E-state index in [1.165, 1.54) is 0 Å². The molecule has 1 amide bonds. The first kappa shape index (κ1) is 13.4. The summed E-state index contributed by atoms with van der Waals surface area (Å²) in [6, 6.07) is 0. The van der Waals surface area contributed by atoms with Crippen LogP contribution in [0.5, 0.6) is 0 Å². The lowest BCUT2D eigenvalue weighted by atomic mass is 10.1. The maximum Gasteiger partial charge on any atom is 0.224 e. The summed E-state index contributed by atoms with van der Waals surface area (Å²) in [6.45, 7) is 8.23. The van der Waals surface area contributed by atoms with Gasteiger partial charge in [-0.3, -0.25) is 4.79 Å². The van der Waals surface area contributed by atoms with Crippen LogP contribution in [0.25, 0.3) is 0 Å². The minimum Gasteiger partial charge on any atom is -0.369 e. The molecule has 1 aromatic rings. The van der Waals surface area contributed by atoms with Gasteiger partial charge in [0.05, 0.1) is 5.92 Å². The molecule has 0 aliphatic rings. The summed E-state index contributed by atoms with van der Waals surface area (Å²) in [5, 5.41) is 5.82. The molecule has 0 fully saturated rings. The Kier molecular flexibility index (Phi) is 4.43. The monoisotopic (exact) mass is 236 g/mol. The molecule has 0 saturated heterocycles. The first-order valence-electron chi connectivity index (χ1n) is 5.73. The molecule has 0 saturated carbocycles. The molecule has 1 rings (SSSR count). The molecule has 1 heterocycles. The zero-order valence-corrected chi connectivity index (χ0v) is 11.1. The number of nitrogens with one attached hydrogen (secondary N) is 2. The van der Waals surface area contributed by atoms with E-state index in [2.05, 4.69) is 20.6 Å². The molecule has 0 radical (unpaired) electrons. The second kappa shape index (κ2) is 5.61. The lowest BCUT2D eigenvalue weighted by molar-refractivity contribution is -0.123. The predicted molar refractivity (Wildman–Crippen MR) is 68.0 cm³/mol. The van der Waals surface area contributed by atoms with E-state index in [-0.39, 0.29) is 11.8 Å². The zero-order chi connectivity index (χ0) is 13.0. The molecule has 0 spiro atoms. The number of carbonyl (C=O) groups is 1. The highest BCUT2D eigenvalue weighted by molar-refractivity contribution is 5.78. The van der Waals surface area contributed by atoms with Gasteiger partial charge in [-0.1, -0.05) is 6.92 Å². The Hall–Kier alpha value is -1.65. The van der Waals surface area contributed by atoms with Crippen LogP contribution in [0.4, 0.5) is 5.82 Å². The van der Waals surface area contributed by atoms with Crippen LogP contribution in [0, 0.1) is 26.7 Å². The van der Waals surface area contributed by atoms with Crippen molar-refractivity contribution in [2.75, 3.05) is 18.9 Å². The lowest BCUT2D eigenvalue weighted by Gasteiger charge is -2.14. The molecule has 0 aromatic carbocycles. The van der Waals surface area contributed by atoms with Gasteiger partial charge in [0.2, 0.25) is 5.91 Å². The maximum absolute atomic E-state index is 11.4. The molecular formula is C12H20N4O. The van der Waals surface area contributed by atoms with E-state index >= 15 is 0 Å². The molecule has 1 atom stereocenters. The molecule has 94 valence electrons. The van der Waals surface area contributed by atoms with Gasteiger partial charge in [-0.2, -0.15) is 0 Å². The van der Waals surface area contributed by atoms with Crippen molar-refractivity contribution in [3.8, 4) is 0 Å². The number of aryl methyl sites for hydroxylation is 2. The van der Waals surface area contributed by atoms with Crippen LogP contribution in [0.1, 0.15) is 24.0 Å².